The van der Waals surface area contributed by atoms with Gasteiger partial charge in [0.2, 0.25) is 0 Å². The van der Waals surface area contributed by atoms with Crippen molar-refractivity contribution in [1.29, 1.82) is 0 Å². The monoisotopic (exact) mass is 277 g/mol. The van der Waals surface area contributed by atoms with E-state index in [1.165, 1.54) is 24.1 Å². The molecule has 0 aliphatic carbocycles. The van der Waals surface area contributed by atoms with Crippen LogP contribution < -0.4 is 4.72 Å². The number of rotatable bonds is 4. The van der Waals surface area contributed by atoms with Crippen molar-refractivity contribution in [2.24, 2.45) is 0 Å². The molecule has 0 unspecified atom stereocenters. The molecule has 0 saturated carbocycles. The van der Waals surface area contributed by atoms with Crippen molar-refractivity contribution in [2.75, 3.05) is 4.72 Å². The smallest absolute Gasteiger partial charge is 0.339 e. The summed E-state index contributed by atoms with van der Waals surface area (Å²) in [6, 6.07) is 10.8. The van der Waals surface area contributed by atoms with Crippen molar-refractivity contribution in [3.63, 3.8) is 0 Å². The molecule has 0 amide bonds. The first-order valence-electron chi connectivity index (χ1n) is 5.34. The van der Waals surface area contributed by atoms with E-state index in [2.05, 4.69) is 4.72 Å². The standard InChI is InChI=1S/C13H11NO4S/c15-9-2-4-10(5-3-9)19-14-8-1-6-12(16)11(7-8)13(17)18/h1-7,14-16H,(H,17,18). The highest BCUT2D eigenvalue weighted by molar-refractivity contribution is 8.00. The molecule has 2 aromatic rings. The third kappa shape index (κ3) is 3.32. The third-order valence-corrected chi connectivity index (χ3v) is 3.20. The largest absolute Gasteiger partial charge is 0.508 e. The Labute approximate surface area is 113 Å². The number of carboxylic acids is 1. The molecule has 19 heavy (non-hydrogen) atoms. The molecule has 0 aliphatic rings. The van der Waals surface area contributed by atoms with E-state index in [9.17, 15) is 9.90 Å². The molecule has 4 N–H and O–H groups in total. The number of carboxylic acid groups (broad SMARTS) is 1. The topological polar surface area (TPSA) is 89.8 Å². The number of nitrogens with one attached hydrogen (secondary N) is 1. The summed E-state index contributed by atoms with van der Waals surface area (Å²) in [5.74, 6) is -1.27. The molecular formula is C13H11NO4S. The lowest BCUT2D eigenvalue weighted by molar-refractivity contribution is 0.0694. The van der Waals surface area contributed by atoms with Crippen LogP contribution in [0.5, 0.6) is 11.5 Å². The first-order valence-corrected chi connectivity index (χ1v) is 6.16. The molecule has 0 bridgehead atoms. The third-order valence-electron chi connectivity index (χ3n) is 2.35. The summed E-state index contributed by atoms with van der Waals surface area (Å²) in [4.78, 5) is 11.7. The average molecular weight is 277 g/mol. The van der Waals surface area contributed by atoms with Crippen molar-refractivity contribution in [1.82, 2.24) is 0 Å². The second-order valence-corrected chi connectivity index (χ2v) is 4.61. The second kappa shape index (κ2) is 5.53. The van der Waals surface area contributed by atoms with Crippen molar-refractivity contribution >= 4 is 23.6 Å². The van der Waals surface area contributed by atoms with Crippen LogP contribution >= 0.6 is 11.9 Å². The van der Waals surface area contributed by atoms with Gasteiger partial charge in [-0.15, -0.1) is 0 Å². The van der Waals surface area contributed by atoms with Crippen LogP contribution in [0.1, 0.15) is 10.4 Å². The first kappa shape index (κ1) is 13.1. The summed E-state index contributed by atoms with van der Waals surface area (Å²) in [6.45, 7) is 0. The Kier molecular flexibility index (Phi) is 3.82. The van der Waals surface area contributed by atoms with Gasteiger partial charge in [-0.05, 0) is 54.4 Å². The molecule has 5 nitrogen and oxygen atoms in total. The first-order chi connectivity index (χ1) is 9.06. The zero-order valence-electron chi connectivity index (χ0n) is 9.70. The lowest BCUT2D eigenvalue weighted by Crippen LogP contribution is -1.98. The normalized spacial score (nSPS) is 10.1. The fraction of sp³-hybridized carbons (Fsp3) is 0. The van der Waals surface area contributed by atoms with Crippen molar-refractivity contribution in [3.05, 3.63) is 48.0 Å². The van der Waals surface area contributed by atoms with Crippen molar-refractivity contribution in [2.45, 2.75) is 4.90 Å². The fourth-order valence-electron chi connectivity index (χ4n) is 1.40. The van der Waals surface area contributed by atoms with Crippen LogP contribution in [0, 0.1) is 0 Å². The minimum Gasteiger partial charge on any atom is -0.508 e. The molecule has 0 aromatic heterocycles. The fourth-order valence-corrected chi connectivity index (χ4v) is 2.04. The SMILES string of the molecule is O=C(O)c1cc(NSc2ccc(O)cc2)ccc1O. The molecular weight excluding hydrogens is 266 g/mol. The Morgan fingerprint density at radius 1 is 1.05 bits per heavy atom. The molecule has 0 fully saturated rings. The molecule has 0 atom stereocenters. The Bertz CT molecular complexity index is 598. The minimum atomic E-state index is -1.18. The number of phenolic OH excluding ortho intramolecular Hbond substituents is 1. The van der Waals surface area contributed by atoms with Crippen molar-refractivity contribution < 1.29 is 20.1 Å². The van der Waals surface area contributed by atoms with E-state index in [0.717, 1.165) is 4.90 Å². The predicted octanol–water partition coefficient (Wildman–Crippen LogP) is 2.92. The van der Waals surface area contributed by atoms with E-state index in [1.807, 2.05) is 0 Å². The van der Waals surface area contributed by atoms with Gasteiger partial charge in [0.1, 0.15) is 17.1 Å². The predicted molar refractivity (Wildman–Crippen MR) is 72.7 cm³/mol. The summed E-state index contributed by atoms with van der Waals surface area (Å²) in [5.41, 5.74) is 0.407. The molecule has 2 aromatic carbocycles. The van der Waals surface area contributed by atoms with Gasteiger partial charge < -0.3 is 20.0 Å². The summed E-state index contributed by atoms with van der Waals surface area (Å²) in [6.07, 6.45) is 0. The van der Waals surface area contributed by atoms with Crippen LogP contribution in [0.25, 0.3) is 0 Å². The van der Waals surface area contributed by atoms with E-state index in [0.29, 0.717) is 5.69 Å². The van der Waals surface area contributed by atoms with Gasteiger partial charge in [-0.1, -0.05) is 0 Å². The number of carbonyl (C=O) groups is 1. The molecule has 0 heterocycles. The van der Waals surface area contributed by atoms with Crippen LogP contribution in [0.15, 0.2) is 47.4 Å². The van der Waals surface area contributed by atoms with Gasteiger partial charge in [0.05, 0.1) is 0 Å². The Morgan fingerprint density at radius 2 is 1.74 bits per heavy atom. The summed E-state index contributed by atoms with van der Waals surface area (Å²) >= 11 is 1.27. The quantitative estimate of drug-likeness (QED) is 0.507. The number of phenols is 2. The molecule has 6 heteroatoms. The molecule has 98 valence electrons. The highest BCUT2D eigenvalue weighted by Crippen LogP contribution is 2.26. The van der Waals surface area contributed by atoms with E-state index in [4.69, 9.17) is 10.2 Å². The van der Waals surface area contributed by atoms with E-state index >= 15 is 0 Å². The summed E-state index contributed by atoms with van der Waals surface area (Å²) in [7, 11) is 0. The van der Waals surface area contributed by atoms with Crippen LogP contribution in [-0.2, 0) is 0 Å². The molecule has 0 spiro atoms. The second-order valence-electron chi connectivity index (χ2n) is 3.74. The number of benzene rings is 2. The van der Waals surface area contributed by atoms with Gasteiger partial charge in [-0.25, -0.2) is 4.79 Å². The number of hydrogen-bond donors (Lipinski definition) is 4. The maximum atomic E-state index is 10.9. The highest BCUT2D eigenvalue weighted by Gasteiger charge is 2.10. The van der Waals surface area contributed by atoms with Crippen LogP contribution in [0.3, 0.4) is 0 Å². The number of anilines is 1. The number of aromatic carboxylic acids is 1. The lowest BCUT2D eigenvalue weighted by Gasteiger charge is -2.07. The van der Waals surface area contributed by atoms with Gasteiger partial charge in [-0.3, -0.25) is 0 Å². The highest BCUT2D eigenvalue weighted by atomic mass is 32.2. The molecule has 0 radical (unpaired) electrons. The van der Waals surface area contributed by atoms with Gasteiger partial charge in [0.15, 0.2) is 0 Å². The maximum absolute atomic E-state index is 10.9. The van der Waals surface area contributed by atoms with Gasteiger partial charge >= 0.3 is 5.97 Å². The molecule has 0 saturated heterocycles. The van der Waals surface area contributed by atoms with E-state index < -0.39 is 5.97 Å². The minimum absolute atomic E-state index is 0.156. The van der Waals surface area contributed by atoms with Gasteiger partial charge in [-0.2, -0.15) is 0 Å². The summed E-state index contributed by atoms with van der Waals surface area (Å²) in [5, 5.41) is 27.4. The lowest BCUT2D eigenvalue weighted by atomic mass is 10.2. The van der Waals surface area contributed by atoms with Crippen LogP contribution in [-0.4, -0.2) is 21.3 Å². The van der Waals surface area contributed by atoms with E-state index in [-0.39, 0.29) is 17.1 Å². The number of hydrogen-bond acceptors (Lipinski definition) is 5. The van der Waals surface area contributed by atoms with Crippen molar-refractivity contribution in [3.8, 4) is 11.5 Å². The van der Waals surface area contributed by atoms with Gasteiger partial charge in [0, 0.05) is 10.6 Å². The van der Waals surface area contributed by atoms with E-state index in [1.54, 1.807) is 30.3 Å². The molecule has 0 aliphatic heterocycles. The average Bonchev–Trinajstić information content (AvgIpc) is 2.39. The maximum Gasteiger partial charge on any atom is 0.339 e. The van der Waals surface area contributed by atoms with Gasteiger partial charge in [0.25, 0.3) is 0 Å². The zero-order chi connectivity index (χ0) is 13.8. The number of aromatic hydroxyl groups is 2. The summed E-state index contributed by atoms with van der Waals surface area (Å²) < 4.78 is 2.96. The zero-order valence-corrected chi connectivity index (χ0v) is 10.5. The Hall–Kier alpha value is -2.34. The van der Waals surface area contributed by atoms with Crippen LogP contribution in [0.2, 0.25) is 0 Å². The Balaban J connectivity index is 2.09. The molecule has 2 rings (SSSR count). The van der Waals surface area contributed by atoms with Crippen LogP contribution in [0.4, 0.5) is 5.69 Å². The Morgan fingerprint density at radius 3 is 2.37 bits per heavy atom.